The Kier molecular flexibility index (Phi) is 7.19. The summed E-state index contributed by atoms with van der Waals surface area (Å²) in [5.74, 6) is 0.707. The fourth-order valence-electron chi connectivity index (χ4n) is 4.18. The second kappa shape index (κ2) is 8.89. The van der Waals surface area contributed by atoms with Crippen LogP contribution in [-0.2, 0) is 10.2 Å². The van der Waals surface area contributed by atoms with Gasteiger partial charge in [0.15, 0.2) is 5.78 Å². The van der Waals surface area contributed by atoms with Crippen LogP contribution in [0, 0.1) is 16.7 Å². The molecule has 0 fully saturated rings. The van der Waals surface area contributed by atoms with E-state index in [-0.39, 0.29) is 22.0 Å². The average molecular weight is 435 g/mol. The van der Waals surface area contributed by atoms with Crippen LogP contribution in [0.3, 0.4) is 0 Å². The second-order valence-electron chi connectivity index (χ2n) is 12.4. The lowest BCUT2D eigenvalue weighted by atomic mass is 9.70. The van der Waals surface area contributed by atoms with Gasteiger partial charge in [0.2, 0.25) is 0 Å². The predicted octanol–water partition coefficient (Wildman–Crippen LogP) is 6.36. The Labute approximate surface area is 195 Å². The number of carbonyl (C=O) groups is 1. The van der Waals surface area contributed by atoms with Gasteiger partial charge >= 0.3 is 0 Å². The lowest BCUT2D eigenvalue weighted by molar-refractivity contribution is -0.110. The maximum atomic E-state index is 12.6. The predicted molar refractivity (Wildman–Crippen MR) is 138 cm³/mol. The summed E-state index contributed by atoms with van der Waals surface area (Å²) in [6.45, 7) is 23.8. The molecule has 1 N–H and O–H groups in total. The fourth-order valence-corrected chi connectivity index (χ4v) is 4.18. The van der Waals surface area contributed by atoms with Crippen molar-refractivity contribution in [3.8, 4) is 5.75 Å². The third kappa shape index (κ3) is 6.12. The maximum Gasteiger partial charge on any atom is 0.179 e. The van der Waals surface area contributed by atoms with E-state index in [0.717, 1.165) is 32.7 Å². The minimum absolute atomic E-state index is 0.0610. The molecule has 1 aliphatic carbocycles. The smallest absolute Gasteiger partial charge is 0.179 e. The summed E-state index contributed by atoms with van der Waals surface area (Å²) in [7, 11) is 0. The van der Waals surface area contributed by atoms with Gasteiger partial charge in [-0.15, -0.1) is 0 Å². The van der Waals surface area contributed by atoms with Crippen molar-refractivity contribution in [3.63, 3.8) is 0 Å². The Hall–Kier alpha value is -2.35. The molecule has 2 nitrogen and oxygen atoms in total. The Balaban J connectivity index is 2.98. The first kappa shape index (κ1) is 25.9. The van der Waals surface area contributed by atoms with Crippen molar-refractivity contribution in [1.82, 2.24) is 0 Å². The van der Waals surface area contributed by atoms with Crippen LogP contribution < -0.4 is 10.4 Å². The zero-order chi connectivity index (χ0) is 24.6. The topological polar surface area (TPSA) is 37.3 Å². The van der Waals surface area contributed by atoms with Crippen LogP contribution in [0.1, 0.15) is 81.7 Å². The van der Waals surface area contributed by atoms with E-state index in [2.05, 4.69) is 94.4 Å². The van der Waals surface area contributed by atoms with Gasteiger partial charge in [0.25, 0.3) is 0 Å². The maximum absolute atomic E-state index is 12.6. The first-order valence-corrected chi connectivity index (χ1v) is 11.7. The van der Waals surface area contributed by atoms with E-state index >= 15 is 0 Å². The molecule has 1 aromatic carbocycles. The SMILES string of the molecule is CC(C)C=c1cc(O)cc(C(C)(C)C)c1=CC=C1C(C(C)(C)C)=CC(=O)C=C1C(C)(C)C. The van der Waals surface area contributed by atoms with Crippen molar-refractivity contribution in [3.05, 3.63) is 63.1 Å². The summed E-state index contributed by atoms with van der Waals surface area (Å²) in [6, 6.07) is 3.73. The summed E-state index contributed by atoms with van der Waals surface area (Å²) in [5, 5.41) is 12.6. The number of allylic oxidation sites excluding steroid dienone is 6. The van der Waals surface area contributed by atoms with E-state index < -0.39 is 0 Å². The third-order valence-corrected chi connectivity index (χ3v) is 5.70. The summed E-state index contributed by atoms with van der Waals surface area (Å²) >= 11 is 0. The number of benzene rings is 1. The van der Waals surface area contributed by atoms with Crippen LogP contribution in [0.4, 0.5) is 0 Å². The zero-order valence-electron chi connectivity index (χ0n) is 22.0. The molecule has 32 heavy (non-hydrogen) atoms. The summed E-state index contributed by atoms with van der Waals surface area (Å²) in [5.41, 5.74) is 3.91. The number of rotatable bonds is 2. The largest absolute Gasteiger partial charge is 0.508 e. The molecule has 0 radical (unpaired) electrons. The highest BCUT2D eigenvalue weighted by Gasteiger charge is 2.31. The third-order valence-electron chi connectivity index (χ3n) is 5.70. The van der Waals surface area contributed by atoms with Gasteiger partial charge in [0.05, 0.1) is 0 Å². The van der Waals surface area contributed by atoms with Crippen LogP contribution in [0.25, 0.3) is 12.2 Å². The lowest BCUT2D eigenvalue weighted by Crippen LogP contribution is -2.34. The zero-order valence-corrected chi connectivity index (χ0v) is 22.0. The Morgan fingerprint density at radius 1 is 0.781 bits per heavy atom. The van der Waals surface area contributed by atoms with Gasteiger partial charge in [0.1, 0.15) is 5.75 Å². The van der Waals surface area contributed by atoms with Gasteiger partial charge in [-0.25, -0.2) is 0 Å². The molecular weight excluding hydrogens is 392 g/mol. The van der Waals surface area contributed by atoms with Crippen molar-refractivity contribution in [2.24, 2.45) is 16.7 Å². The summed E-state index contributed by atoms with van der Waals surface area (Å²) < 4.78 is 0. The lowest BCUT2D eigenvalue weighted by Gasteiger charge is -2.34. The molecule has 0 aliphatic heterocycles. The van der Waals surface area contributed by atoms with Crippen LogP contribution in [-0.4, -0.2) is 10.9 Å². The summed E-state index contributed by atoms with van der Waals surface area (Å²) in [6.07, 6.45) is 10.1. The van der Waals surface area contributed by atoms with E-state index in [1.807, 2.05) is 12.1 Å². The molecule has 0 amide bonds. The molecule has 1 aliphatic rings. The number of ketones is 1. The van der Waals surface area contributed by atoms with Crippen LogP contribution in [0.15, 0.2) is 47.1 Å². The van der Waals surface area contributed by atoms with Crippen molar-refractivity contribution in [1.29, 1.82) is 0 Å². The van der Waals surface area contributed by atoms with Crippen molar-refractivity contribution >= 4 is 17.9 Å². The molecule has 0 saturated carbocycles. The fraction of sp³-hybridized carbons (Fsp3) is 0.500. The average Bonchev–Trinajstić information content (AvgIpc) is 2.57. The van der Waals surface area contributed by atoms with Crippen molar-refractivity contribution in [2.75, 3.05) is 0 Å². The first-order valence-electron chi connectivity index (χ1n) is 11.7. The highest BCUT2D eigenvalue weighted by atomic mass is 16.3. The number of phenolic OH excluding ortho intramolecular Hbond substituents is 1. The molecule has 1 aromatic rings. The van der Waals surface area contributed by atoms with E-state index in [1.165, 1.54) is 0 Å². The highest BCUT2D eigenvalue weighted by Crippen LogP contribution is 2.43. The number of hydrogen-bond acceptors (Lipinski definition) is 2. The van der Waals surface area contributed by atoms with Crippen LogP contribution in [0.5, 0.6) is 5.75 Å². The Morgan fingerprint density at radius 3 is 1.69 bits per heavy atom. The van der Waals surface area contributed by atoms with Crippen LogP contribution in [0.2, 0.25) is 0 Å². The number of phenols is 1. The number of carbonyl (C=O) groups excluding carboxylic acids is 1. The van der Waals surface area contributed by atoms with Crippen molar-refractivity contribution in [2.45, 2.75) is 81.6 Å². The van der Waals surface area contributed by atoms with Gasteiger partial charge in [-0.2, -0.15) is 0 Å². The molecule has 2 rings (SSSR count). The molecular formula is C30H42O2. The Morgan fingerprint density at radius 2 is 1.28 bits per heavy atom. The van der Waals surface area contributed by atoms with Gasteiger partial charge in [0, 0.05) is 0 Å². The molecule has 2 heteroatoms. The molecule has 0 unspecified atom stereocenters. The quantitative estimate of drug-likeness (QED) is 0.588. The number of aromatic hydroxyl groups is 1. The molecule has 0 aromatic heterocycles. The summed E-state index contributed by atoms with van der Waals surface area (Å²) in [4.78, 5) is 12.6. The second-order valence-corrected chi connectivity index (χ2v) is 12.4. The van der Waals surface area contributed by atoms with E-state index in [9.17, 15) is 9.90 Å². The van der Waals surface area contributed by atoms with E-state index in [4.69, 9.17) is 0 Å². The van der Waals surface area contributed by atoms with Gasteiger partial charge in [-0.05, 0) is 79.2 Å². The van der Waals surface area contributed by atoms with Crippen molar-refractivity contribution < 1.29 is 9.90 Å². The van der Waals surface area contributed by atoms with Gasteiger partial charge < -0.3 is 5.11 Å². The first-order chi connectivity index (χ1) is 14.4. The van der Waals surface area contributed by atoms with E-state index in [1.54, 1.807) is 12.2 Å². The van der Waals surface area contributed by atoms with Gasteiger partial charge in [-0.1, -0.05) is 94.4 Å². The molecule has 0 saturated heterocycles. The molecule has 0 bridgehead atoms. The minimum Gasteiger partial charge on any atom is -0.508 e. The Bertz CT molecular complexity index is 1060. The van der Waals surface area contributed by atoms with Crippen LogP contribution >= 0.6 is 0 Å². The molecule has 0 spiro atoms. The standard InChI is InChI=1S/C30H42O2/c1-19(2)14-20-15-21(31)16-25(28(3,4)5)23(20)12-13-24-26(29(6,7)8)17-22(32)18-27(24)30(9,10)11/h12-19,31H,1-11H3. The molecule has 0 heterocycles. The van der Waals surface area contributed by atoms with E-state index in [0.29, 0.717) is 11.7 Å². The number of hydrogen-bond donors (Lipinski definition) is 1. The normalized spacial score (nSPS) is 17.1. The van der Waals surface area contributed by atoms with Gasteiger partial charge in [-0.3, -0.25) is 4.79 Å². The monoisotopic (exact) mass is 434 g/mol. The molecule has 0 atom stereocenters. The minimum atomic E-state index is -0.158. The molecule has 174 valence electrons. The highest BCUT2D eigenvalue weighted by molar-refractivity contribution is 6.04.